The first-order valence-electron chi connectivity index (χ1n) is 10.1. The van der Waals surface area contributed by atoms with Crippen molar-refractivity contribution in [2.24, 2.45) is 5.92 Å². The molecule has 0 radical (unpaired) electrons. The van der Waals surface area contributed by atoms with E-state index in [1.54, 1.807) is 6.20 Å². The molecule has 156 valence electrons. The van der Waals surface area contributed by atoms with Crippen LogP contribution in [0.1, 0.15) is 18.4 Å². The van der Waals surface area contributed by atoms with Crippen LogP contribution in [0.3, 0.4) is 0 Å². The summed E-state index contributed by atoms with van der Waals surface area (Å²) < 4.78 is 7.90. The number of carbonyl (C=O) groups is 1. The number of fused-ring (bicyclic) bond motifs is 2. The minimum atomic E-state index is 0.421. The van der Waals surface area contributed by atoms with E-state index in [9.17, 15) is 4.79 Å². The molecule has 0 spiro atoms. The Hall–Kier alpha value is -2.45. The van der Waals surface area contributed by atoms with Gasteiger partial charge < -0.3 is 19.9 Å². The van der Waals surface area contributed by atoms with Crippen LogP contribution < -0.4 is 10.5 Å². The van der Waals surface area contributed by atoms with Crippen molar-refractivity contribution in [2.75, 3.05) is 25.4 Å². The molecule has 0 bridgehead atoms. The number of amides is 1. The normalized spacial score (nSPS) is 18.0. The van der Waals surface area contributed by atoms with Crippen molar-refractivity contribution in [3.8, 4) is 5.75 Å². The van der Waals surface area contributed by atoms with Gasteiger partial charge in [-0.1, -0.05) is 11.6 Å². The molecule has 1 atom stereocenters. The highest BCUT2D eigenvalue weighted by Crippen LogP contribution is 2.40. The van der Waals surface area contributed by atoms with E-state index in [1.165, 1.54) is 11.8 Å². The van der Waals surface area contributed by atoms with Crippen LogP contribution in [-0.2, 0) is 17.8 Å². The van der Waals surface area contributed by atoms with Gasteiger partial charge in [0.1, 0.15) is 11.3 Å². The summed E-state index contributed by atoms with van der Waals surface area (Å²) in [6.07, 6.45) is 5.54. The number of ether oxygens (including phenoxy) is 1. The standard InChI is InChI=1S/C21H22ClN5O2S/c22-15-9-14-4-8-29-17(14)10-18(15)30-21-25-19-16(1-5-24-20(19)23)27(21)7-3-13-2-6-26(11-13)12-28/h1,5,9-10,12-13H,2-4,6-8,11H2,(H2,23,24). The first-order chi connectivity index (χ1) is 14.6. The Kier molecular flexibility index (Phi) is 5.20. The van der Waals surface area contributed by atoms with Gasteiger partial charge in [0.2, 0.25) is 6.41 Å². The van der Waals surface area contributed by atoms with Gasteiger partial charge >= 0.3 is 0 Å². The molecule has 2 aliphatic rings. The number of halogens is 1. The maximum absolute atomic E-state index is 11.0. The molecule has 2 aromatic heterocycles. The third kappa shape index (κ3) is 3.58. The number of rotatable bonds is 6. The van der Waals surface area contributed by atoms with Crippen LogP contribution in [0.2, 0.25) is 5.02 Å². The van der Waals surface area contributed by atoms with Crippen LogP contribution in [0.5, 0.6) is 5.75 Å². The van der Waals surface area contributed by atoms with Crippen LogP contribution >= 0.6 is 23.4 Å². The van der Waals surface area contributed by atoms with Gasteiger partial charge in [-0.2, -0.15) is 0 Å². The molecule has 7 nitrogen and oxygen atoms in total. The number of hydrogen-bond acceptors (Lipinski definition) is 6. The van der Waals surface area contributed by atoms with E-state index in [1.807, 2.05) is 23.1 Å². The molecule has 1 aromatic carbocycles. The molecule has 1 unspecified atom stereocenters. The number of aryl methyl sites for hydroxylation is 1. The largest absolute Gasteiger partial charge is 0.493 e. The molecular weight excluding hydrogens is 422 g/mol. The van der Waals surface area contributed by atoms with Crippen molar-refractivity contribution < 1.29 is 9.53 Å². The van der Waals surface area contributed by atoms with E-state index in [-0.39, 0.29) is 0 Å². The van der Waals surface area contributed by atoms with E-state index in [0.29, 0.717) is 28.9 Å². The van der Waals surface area contributed by atoms with Gasteiger partial charge in [0.05, 0.1) is 17.1 Å². The molecule has 0 saturated carbocycles. The third-order valence-electron chi connectivity index (χ3n) is 5.83. The Morgan fingerprint density at radius 2 is 2.30 bits per heavy atom. The number of nitrogens with zero attached hydrogens (tertiary/aromatic N) is 4. The molecule has 3 aromatic rings. The molecule has 2 aliphatic heterocycles. The third-order valence-corrected chi connectivity index (χ3v) is 7.31. The van der Waals surface area contributed by atoms with Crippen LogP contribution in [0.15, 0.2) is 34.4 Å². The lowest BCUT2D eigenvalue weighted by molar-refractivity contribution is -0.117. The van der Waals surface area contributed by atoms with Gasteiger partial charge in [-0.25, -0.2) is 9.97 Å². The number of pyridine rings is 1. The zero-order chi connectivity index (χ0) is 20.7. The molecule has 2 N–H and O–H groups in total. The van der Waals surface area contributed by atoms with Crippen LogP contribution in [-0.4, -0.2) is 45.5 Å². The average Bonchev–Trinajstić information content (AvgIpc) is 3.46. The second-order valence-corrected chi connectivity index (χ2v) is 9.16. The van der Waals surface area contributed by atoms with E-state index >= 15 is 0 Å². The first-order valence-corrected chi connectivity index (χ1v) is 11.2. The zero-order valence-corrected chi connectivity index (χ0v) is 18.0. The smallest absolute Gasteiger partial charge is 0.209 e. The van der Waals surface area contributed by atoms with E-state index in [2.05, 4.69) is 9.55 Å². The van der Waals surface area contributed by atoms with E-state index in [4.69, 9.17) is 27.1 Å². The summed E-state index contributed by atoms with van der Waals surface area (Å²) in [5.74, 6) is 1.80. The number of hydrogen-bond donors (Lipinski definition) is 1. The lowest BCUT2D eigenvalue weighted by atomic mass is 10.1. The van der Waals surface area contributed by atoms with Crippen molar-refractivity contribution in [2.45, 2.75) is 35.9 Å². The highest BCUT2D eigenvalue weighted by molar-refractivity contribution is 7.99. The lowest BCUT2D eigenvalue weighted by Gasteiger charge is -2.14. The molecule has 5 rings (SSSR count). The van der Waals surface area contributed by atoms with Crippen LogP contribution in [0.4, 0.5) is 5.82 Å². The summed E-state index contributed by atoms with van der Waals surface area (Å²) in [7, 11) is 0. The minimum Gasteiger partial charge on any atom is -0.493 e. The highest BCUT2D eigenvalue weighted by Gasteiger charge is 2.23. The topological polar surface area (TPSA) is 86.3 Å². The predicted octanol–water partition coefficient (Wildman–Crippen LogP) is 3.62. The fourth-order valence-electron chi connectivity index (χ4n) is 4.20. The van der Waals surface area contributed by atoms with Gasteiger partial charge in [-0.15, -0.1) is 0 Å². The van der Waals surface area contributed by atoms with Crippen molar-refractivity contribution in [3.05, 3.63) is 35.0 Å². The van der Waals surface area contributed by atoms with Crippen molar-refractivity contribution in [1.82, 2.24) is 19.4 Å². The van der Waals surface area contributed by atoms with Gasteiger partial charge in [-0.3, -0.25) is 4.79 Å². The van der Waals surface area contributed by atoms with Crippen molar-refractivity contribution in [3.63, 3.8) is 0 Å². The summed E-state index contributed by atoms with van der Waals surface area (Å²) in [6, 6.07) is 5.93. The maximum atomic E-state index is 11.0. The average molecular weight is 444 g/mol. The molecule has 9 heteroatoms. The SMILES string of the molecule is Nc1nccc2c1nc(Sc1cc3c(cc1Cl)CCO3)n2CCC1CCN(C=O)C1. The number of benzene rings is 1. The van der Waals surface area contributed by atoms with E-state index < -0.39 is 0 Å². The second kappa shape index (κ2) is 8.00. The Labute approximate surface area is 183 Å². The summed E-state index contributed by atoms with van der Waals surface area (Å²) in [5, 5.41) is 1.53. The number of nitrogens with two attached hydrogens (primary N) is 1. The monoisotopic (exact) mass is 443 g/mol. The summed E-state index contributed by atoms with van der Waals surface area (Å²) >= 11 is 8.08. The minimum absolute atomic E-state index is 0.421. The molecule has 1 fully saturated rings. The predicted molar refractivity (Wildman–Crippen MR) is 117 cm³/mol. The number of anilines is 1. The fraction of sp³-hybridized carbons (Fsp3) is 0.381. The Morgan fingerprint density at radius 1 is 1.40 bits per heavy atom. The van der Waals surface area contributed by atoms with E-state index in [0.717, 1.165) is 72.2 Å². The Morgan fingerprint density at radius 3 is 3.13 bits per heavy atom. The first kappa shape index (κ1) is 19.5. The van der Waals surface area contributed by atoms with Crippen LogP contribution in [0.25, 0.3) is 11.0 Å². The summed E-state index contributed by atoms with van der Waals surface area (Å²) in [5.41, 5.74) is 8.91. The quantitative estimate of drug-likeness (QED) is 0.585. The van der Waals surface area contributed by atoms with Crippen molar-refractivity contribution in [1.29, 1.82) is 0 Å². The Bertz CT molecular complexity index is 1120. The number of likely N-dealkylation sites (tertiary alicyclic amines) is 1. The van der Waals surface area contributed by atoms with Crippen LogP contribution in [0, 0.1) is 5.92 Å². The summed E-state index contributed by atoms with van der Waals surface area (Å²) in [4.78, 5) is 22.8. The number of carbonyl (C=O) groups excluding carboxylic acids is 1. The molecule has 1 amide bonds. The molecule has 30 heavy (non-hydrogen) atoms. The molecule has 1 saturated heterocycles. The highest BCUT2D eigenvalue weighted by atomic mass is 35.5. The summed E-state index contributed by atoms with van der Waals surface area (Å²) in [6.45, 7) is 3.14. The lowest BCUT2D eigenvalue weighted by Crippen LogP contribution is -2.18. The van der Waals surface area contributed by atoms with Gasteiger partial charge in [-0.05, 0) is 54.3 Å². The fourth-order valence-corrected chi connectivity index (χ4v) is 5.46. The van der Waals surface area contributed by atoms with Gasteiger partial charge in [0.25, 0.3) is 0 Å². The molecular formula is C21H22ClN5O2S. The number of aromatic nitrogens is 3. The maximum Gasteiger partial charge on any atom is 0.209 e. The number of imidazole rings is 1. The molecule has 0 aliphatic carbocycles. The molecule has 4 heterocycles. The van der Waals surface area contributed by atoms with Gasteiger partial charge in [0.15, 0.2) is 11.0 Å². The number of nitrogen functional groups attached to an aromatic ring is 1. The zero-order valence-electron chi connectivity index (χ0n) is 16.4. The second-order valence-electron chi connectivity index (χ2n) is 7.74. The Balaban J connectivity index is 1.46. The van der Waals surface area contributed by atoms with Gasteiger partial charge in [0, 0.05) is 37.1 Å². The van der Waals surface area contributed by atoms with Crippen molar-refractivity contribution >= 4 is 46.6 Å².